The van der Waals surface area contributed by atoms with E-state index >= 15 is 0 Å². The van der Waals surface area contributed by atoms with E-state index in [1.807, 2.05) is 6.92 Å². The Morgan fingerprint density at radius 3 is 1.86 bits per heavy atom. The number of nitrogens with two attached hydrogens (primary N) is 1. The lowest BCUT2D eigenvalue weighted by Gasteiger charge is -2.20. The summed E-state index contributed by atoms with van der Waals surface area (Å²) in [5, 5.41) is 8.78. The van der Waals surface area contributed by atoms with E-state index in [2.05, 4.69) is 35.8 Å². The zero-order chi connectivity index (χ0) is 32.2. The van der Waals surface area contributed by atoms with Gasteiger partial charge in [-0.3, -0.25) is 23.4 Å². The monoisotopic (exact) mass is 633 g/mol. The first-order valence-electron chi connectivity index (χ1n) is 15.9. The summed E-state index contributed by atoms with van der Waals surface area (Å²) in [7, 11) is -4.69. The van der Waals surface area contributed by atoms with E-state index in [9.17, 15) is 23.8 Å². The van der Waals surface area contributed by atoms with Crippen LogP contribution in [0.15, 0.2) is 24.3 Å². The Morgan fingerprint density at radius 1 is 0.721 bits per heavy atom. The zero-order valence-corrected chi connectivity index (χ0v) is 27.2. The number of phosphoric acid groups is 1. The van der Waals surface area contributed by atoms with E-state index in [0.29, 0.717) is 12.8 Å². The van der Waals surface area contributed by atoms with Crippen molar-refractivity contribution < 1.29 is 47.5 Å². The second-order valence-corrected chi connectivity index (χ2v) is 12.0. The number of unbranched alkanes of at least 4 members (excludes halogenated alkanes) is 11. The number of hydrogen-bond acceptors (Lipinski definition) is 9. The van der Waals surface area contributed by atoms with Crippen molar-refractivity contribution in [1.82, 2.24) is 0 Å². The van der Waals surface area contributed by atoms with Crippen LogP contribution in [0, 0.1) is 0 Å². The van der Waals surface area contributed by atoms with Crippen LogP contribution in [-0.2, 0) is 37.5 Å². The summed E-state index contributed by atoms with van der Waals surface area (Å²) in [6, 6.07) is -1.52. The molecule has 3 atom stereocenters. The molecule has 0 aliphatic heterocycles. The lowest BCUT2D eigenvalue weighted by Crippen LogP contribution is -2.34. The van der Waals surface area contributed by atoms with Crippen molar-refractivity contribution in [1.29, 1.82) is 0 Å². The Balaban J connectivity index is 4.36. The van der Waals surface area contributed by atoms with E-state index in [4.69, 9.17) is 24.8 Å². The van der Waals surface area contributed by atoms with Crippen LogP contribution >= 0.6 is 7.82 Å². The summed E-state index contributed by atoms with van der Waals surface area (Å²) >= 11 is 0. The largest absolute Gasteiger partial charge is 0.480 e. The molecule has 0 heterocycles. The topological polar surface area (TPSA) is 172 Å². The minimum atomic E-state index is -4.69. The number of rotatable bonds is 29. The van der Waals surface area contributed by atoms with Crippen LogP contribution < -0.4 is 5.73 Å². The summed E-state index contributed by atoms with van der Waals surface area (Å²) in [5.41, 5.74) is 5.27. The number of carboxylic acid groups (broad SMARTS) is 1. The second-order valence-electron chi connectivity index (χ2n) is 10.6. The predicted molar refractivity (Wildman–Crippen MR) is 166 cm³/mol. The number of carbonyl (C=O) groups is 3. The van der Waals surface area contributed by atoms with Gasteiger partial charge in [0, 0.05) is 12.8 Å². The normalized spacial score (nSPS) is 14.5. The molecule has 0 aliphatic rings. The molecule has 43 heavy (non-hydrogen) atoms. The number of carboxylic acids is 1. The third-order valence-corrected chi connectivity index (χ3v) is 7.40. The Bertz CT molecular complexity index is 848. The fourth-order valence-electron chi connectivity index (χ4n) is 3.86. The van der Waals surface area contributed by atoms with Gasteiger partial charge in [-0.1, -0.05) is 89.5 Å². The molecule has 0 spiro atoms. The molecule has 0 rings (SSSR count). The Kier molecular flexibility index (Phi) is 26.2. The molecule has 0 fully saturated rings. The second kappa shape index (κ2) is 27.5. The highest BCUT2D eigenvalue weighted by molar-refractivity contribution is 7.47. The third-order valence-electron chi connectivity index (χ3n) is 6.45. The standard InChI is InChI=1S/C31H56NO10P/c1-3-5-7-8-9-10-11-12-13-14-15-16-17-18-19-21-23-30(34)42-27(24-39-29(33)22-20-6-4-2)25-40-43(37,38)41-26-28(32)31(35)36/h10-11,13-14,27-28H,3-9,12,15-26,32H2,1-2H3,(H,35,36)(H,37,38)/b11-10-,14-13-. The Morgan fingerprint density at radius 2 is 1.23 bits per heavy atom. The Hall–Kier alpha value is -2.04. The smallest absolute Gasteiger partial charge is 0.472 e. The van der Waals surface area contributed by atoms with Gasteiger partial charge in [0.25, 0.3) is 0 Å². The van der Waals surface area contributed by atoms with Crippen LogP contribution in [0.3, 0.4) is 0 Å². The molecule has 0 aromatic rings. The van der Waals surface area contributed by atoms with Gasteiger partial charge >= 0.3 is 25.7 Å². The predicted octanol–water partition coefficient (Wildman–Crippen LogP) is 6.77. The van der Waals surface area contributed by atoms with Crippen LogP contribution in [0.25, 0.3) is 0 Å². The lowest BCUT2D eigenvalue weighted by molar-refractivity contribution is -0.161. The van der Waals surface area contributed by atoms with Crippen molar-refractivity contribution in [3.8, 4) is 0 Å². The van der Waals surface area contributed by atoms with Gasteiger partial charge in [-0.25, -0.2) is 4.57 Å². The van der Waals surface area contributed by atoms with E-state index < -0.39 is 51.1 Å². The third kappa shape index (κ3) is 27.3. The van der Waals surface area contributed by atoms with Crippen molar-refractivity contribution >= 4 is 25.7 Å². The summed E-state index contributed by atoms with van der Waals surface area (Å²) in [6.45, 7) is 2.52. The van der Waals surface area contributed by atoms with Crippen molar-refractivity contribution in [3.63, 3.8) is 0 Å². The minimum Gasteiger partial charge on any atom is -0.480 e. The maximum absolute atomic E-state index is 12.4. The van der Waals surface area contributed by atoms with Crippen LogP contribution in [0.2, 0.25) is 0 Å². The average molecular weight is 634 g/mol. The van der Waals surface area contributed by atoms with Gasteiger partial charge in [-0.05, 0) is 44.9 Å². The number of esters is 2. The molecule has 12 heteroatoms. The molecule has 0 bridgehead atoms. The van der Waals surface area contributed by atoms with Gasteiger partial charge in [-0.15, -0.1) is 0 Å². The van der Waals surface area contributed by atoms with E-state index in [1.54, 1.807) is 0 Å². The highest BCUT2D eigenvalue weighted by Crippen LogP contribution is 2.43. The van der Waals surface area contributed by atoms with E-state index in [1.165, 1.54) is 25.7 Å². The van der Waals surface area contributed by atoms with Crippen LogP contribution in [0.1, 0.15) is 123 Å². The van der Waals surface area contributed by atoms with Crippen LogP contribution in [0.5, 0.6) is 0 Å². The van der Waals surface area contributed by atoms with Gasteiger partial charge in [0.05, 0.1) is 13.2 Å². The molecule has 0 saturated heterocycles. The number of phosphoric ester groups is 1. The van der Waals surface area contributed by atoms with Gasteiger partial charge in [0.1, 0.15) is 12.6 Å². The van der Waals surface area contributed by atoms with Gasteiger partial charge in [0.15, 0.2) is 6.10 Å². The summed E-state index contributed by atoms with van der Waals surface area (Å²) in [5.74, 6) is -2.43. The highest BCUT2D eigenvalue weighted by Gasteiger charge is 2.28. The molecule has 4 N–H and O–H groups in total. The number of hydrogen-bond donors (Lipinski definition) is 3. The van der Waals surface area contributed by atoms with Crippen molar-refractivity contribution in [3.05, 3.63) is 24.3 Å². The van der Waals surface area contributed by atoms with Crippen LogP contribution in [0.4, 0.5) is 0 Å². The molecule has 0 radical (unpaired) electrons. The maximum Gasteiger partial charge on any atom is 0.472 e. The molecule has 0 saturated carbocycles. The first kappa shape index (κ1) is 41.0. The molecule has 250 valence electrons. The molecule has 0 aromatic heterocycles. The number of carbonyl (C=O) groups excluding carboxylic acids is 2. The molecular weight excluding hydrogens is 577 g/mol. The van der Waals surface area contributed by atoms with Crippen molar-refractivity contribution in [2.24, 2.45) is 5.73 Å². The fourth-order valence-corrected chi connectivity index (χ4v) is 4.63. The number of aliphatic carboxylic acids is 1. The number of allylic oxidation sites excluding steroid dienone is 4. The zero-order valence-electron chi connectivity index (χ0n) is 26.3. The maximum atomic E-state index is 12.4. The molecule has 0 aromatic carbocycles. The highest BCUT2D eigenvalue weighted by atomic mass is 31.2. The average Bonchev–Trinajstić information content (AvgIpc) is 2.97. The van der Waals surface area contributed by atoms with Gasteiger partial charge in [0.2, 0.25) is 0 Å². The minimum absolute atomic E-state index is 0.145. The molecular formula is C31H56NO10P. The van der Waals surface area contributed by atoms with Crippen LogP contribution in [-0.4, -0.2) is 59.9 Å². The molecule has 3 unspecified atom stereocenters. The Labute approximate surface area is 258 Å². The molecule has 0 aliphatic carbocycles. The SMILES string of the molecule is CCCCCC/C=C\C/C=C\CCCCCCCC(=O)OC(COC(=O)CCCCC)COP(=O)(O)OCC(N)C(=O)O. The summed E-state index contributed by atoms with van der Waals surface area (Å²) < 4.78 is 32.0. The van der Waals surface area contributed by atoms with Gasteiger partial charge in [-0.2, -0.15) is 0 Å². The summed E-state index contributed by atoms with van der Waals surface area (Å²) in [4.78, 5) is 45.0. The van der Waals surface area contributed by atoms with Crippen molar-refractivity contribution in [2.75, 3.05) is 19.8 Å². The van der Waals surface area contributed by atoms with E-state index in [0.717, 1.165) is 57.8 Å². The quantitative estimate of drug-likeness (QED) is 0.0343. The summed E-state index contributed by atoms with van der Waals surface area (Å²) in [6.07, 6.45) is 23.5. The van der Waals surface area contributed by atoms with Crippen molar-refractivity contribution in [2.45, 2.75) is 135 Å². The molecule has 11 nitrogen and oxygen atoms in total. The first-order valence-corrected chi connectivity index (χ1v) is 17.4. The fraction of sp³-hybridized carbons (Fsp3) is 0.774. The first-order chi connectivity index (χ1) is 20.6. The lowest BCUT2D eigenvalue weighted by atomic mass is 10.1. The van der Waals surface area contributed by atoms with Gasteiger partial charge < -0.3 is 25.2 Å². The molecule has 0 amide bonds. The van der Waals surface area contributed by atoms with E-state index in [-0.39, 0.29) is 19.4 Å². The number of ether oxygens (including phenoxy) is 2.